The van der Waals surface area contributed by atoms with Gasteiger partial charge in [0.2, 0.25) is 0 Å². The second kappa shape index (κ2) is 7.89. The molecule has 2 saturated heterocycles. The second-order valence-electron chi connectivity index (χ2n) is 7.26. The molecule has 1 atom stereocenters. The molecule has 8 nitrogen and oxygen atoms in total. The minimum Gasteiger partial charge on any atom is -0.309 e. The molecule has 0 spiro atoms. The lowest BCUT2D eigenvalue weighted by Gasteiger charge is -2.35. The third kappa shape index (κ3) is 3.67. The van der Waals surface area contributed by atoms with Crippen molar-refractivity contribution in [1.82, 2.24) is 9.80 Å². The minimum atomic E-state index is -3.42. The zero-order valence-electron chi connectivity index (χ0n) is 16.1. The number of hydrogen-bond acceptors (Lipinski definition) is 6. The Morgan fingerprint density at radius 2 is 1.80 bits per heavy atom. The topological polar surface area (TPSA) is 102 Å². The molecule has 30 heavy (non-hydrogen) atoms. The van der Waals surface area contributed by atoms with E-state index in [2.05, 4.69) is 0 Å². The predicted octanol–water partition coefficient (Wildman–Crippen LogP) is 1.48. The third-order valence-electron chi connectivity index (χ3n) is 5.42. The number of imide groups is 1. The fraction of sp³-hybridized carbons (Fsp3) is 0.286. The van der Waals surface area contributed by atoms with Crippen LogP contribution in [0.3, 0.4) is 0 Å². The highest BCUT2D eigenvalue weighted by atomic mass is 32.2. The molecule has 3 amide bonds. The number of rotatable bonds is 5. The number of benzene rings is 2. The van der Waals surface area contributed by atoms with Gasteiger partial charge in [0.25, 0.3) is 5.91 Å². The Kier molecular flexibility index (Phi) is 5.28. The summed E-state index contributed by atoms with van der Waals surface area (Å²) in [6.45, 7) is 1.40. The van der Waals surface area contributed by atoms with Crippen LogP contribution in [0.1, 0.15) is 5.56 Å². The maximum Gasteiger partial charge on any atom is 0.332 e. The van der Waals surface area contributed by atoms with Gasteiger partial charge in [0, 0.05) is 26.2 Å². The van der Waals surface area contributed by atoms with Crippen molar-refractivity contribution in [1.29, 1.82) is 5.26 Å². The van der Waals surface area contributed by atoms with Crippen LogP contribution in [0.15, 0.2) is 59.5 Å². The Morgan fingerprint density at radius 1 is 1.03 bits per heavy atom. The molecule has 9 heteroatoms. The van der Waals surface area contributed by atoms with Crippen LogP contribution < -0.4 is 4.90 Å². The first kappa shape index (κ1) is 20.1. The van der Waals surface area contributed by atoms with Crippen LogP contribution in [0.2, 0.25) is 0 Å². The van der Waals surface area contributed by atoms with Crippen molar-refractivity contribution in [2.75, 3.05) is 36.8 Å². The summed E-state index contributed by atoms with van der Waals surface area (Å²) in [5.74, 6) is -0.412. The van der Waals surface area contributed by atoms with E-state index in [4.69, 9.17) is 5.26 Å². The van der Waals surface area contributed by atoms with Gasteiger partial charge in [-0.2, -0.15) is 5.26 Å². The van der Waals surface area contributed by atoms with Gasteiger partial charge in [-0.15, -0.1) is 0 Å². The van der Waals surface area contributed by atoms with Crippen LogP contribution in [0.5, 0.6) is 0 Å². The molecule has 2 aliphatic rings. The van der Waals surface area contributed by atoms with E-state index in [0.29, 0.717) is 24.3 Å². The van der Waals surface area contributed by atoms with E-state index in [1.54, 1.807) is 48.5 Å². The summed E-state index contributed by atoms with van der Waals surface area (Å²) < 4.78 is 25.0. The predicted molar refractivity (Wildman–Crippen MR) is 109 cm³/mol. The van der Waals surface area contributed by atoms with E-state index in [9.17, 15) is 18.0 Å². The number of carbonyl (C=O) groups is 2. The number of anilines is 1. The fourth-order valence-corrected chi connectivity index (χ4v) is 5.11. The molecular formula is C21H20N4O4S. The quantitative estimate of drug-likeness (QED) is 0.674. The van der Waals surface area contributed by atoms with Crippen molar-refractivity contribution in [3.8, 4) is 6.07 Å². The van der Waals surface area contributed by atoms with E-state index in [1.807, 2.05) is 11.0 Å². The molecule has 0 bridgehead atoms. The fourth-order valence-electron chi connectivity index (χ4n) is 3.80. The number of urea groups is 1. The molecule has 0 saturated carbocycles. The van der Waals surface area contributed by atoms with Crippen molar-refractivity contribution in [3.63, 3.8) is 0 Å². The average molecular weight is 424 g/mol. The van der Waals surface area contributed by atoms with Crippen LogP contribution >= 0.6 is 0 Å². The van der Waals surface area contributed by atoms with E-state index in [1.165, 1.54) is 11.0 Å². The van der Waals surface area contributed by atoms with Gasteiger partial charge in [-0.1, -0.05) is 24.3 Å². The molecule has 154 valence electrons. The van der Waals surface area contributed by atoms with Crippen LogP contribution in [-0.4, -0.2) is 68.1 Å². The summed E-state index contributed by atoms with van der Waals surface area (Å²) in [7, 11) is -3.42. The van der Waals surface area contributed by atoms with Gasteiger partial charge in [0.15, 0.2) is 9.84 Å². The molecule has 4 rings (SSSR count). The largest absolute Gasteiger partial charge is 0.332 e. The number of sulfone groups is 1. The van der Waals surface area contributed by atoms with Gasteiger partial charge in [0.1, 0.15) is 6.04 Å². The van der Waals surface area contributed by atoms with Gasteiger partial charge in [-0.05, 0) is 30.3 Å². The van der Waals surface area contributed by atoms with Crippen molar-refractivity contribution < 1.29 is 18.0 Å². The molecule has 2 aromatic carbocycles. The summed E-state index contributed by atoms with van der Waals surface area (Å²) in [5.41, 5.74) is 0.738. The SMILES string of the molecule is N#Cc1cccc(N2C(=O)C3CN(CCS(=O)(=O)c4ccccc4)CCN3C2=O)c1. The number of amides is 3. The molecule has 2 aliphatic heterocycles. The van der Waals surface area contributed by atoms with Crippen molar-refractivity contribution >= 4 is 27.5 Å². The van der Waals surface area contributed by atoms with Gasteiger partial charge in [-0.25, -0.2) is 18.1 Å². The number of hydrogen-bond donors (Lipinski definition) is 0. The monoisotopic (exact) mass is 424 g/mol. The number of nitriles is 1. The van der Waals surface area contributed by atoms with Crippen LogP contribution in [0, 0.1) is 11.3 Å². The van der Waals surface area contributed by atoms with Crippen LogP contribution in [-0.2, 0) is 14.6 Å². The zero-order valence-corrected chi connectivity index (χ0v) is 17.0. The van der Waals surface area contributed by atoms with Gasteiger partial charge in [-0.3, -0.25) is 9.69 Å². The van der Waals surface area contributed by atoms with Gasteiger partial charge in [0.05, 0.1) is 28.0 Å². The molecule has 2 aromatic rings. The van der Waals surface area contributed by atoms with Crippen LogP contribution in [0.4, 0.5) is 10.5 Å². The first-order chi connectivity index (χ1) is 14.4. The summed E-state index contributed by atoms with van der Waals surface area (Å²) in [6, 6.07) is 15.6. The highest BCUT2D eigenvalue weighted by Gasteiger charge is 2.48. The second-order valence-corrected chi connectivity index (χ2v) is 9.37. The lowest BCUT2D eigenvalue weighted by atomic mass is 10.1. The van der Waals surface area contributed by atoms with Gasteiger partial charge >= 0.3 is 6.03 Å². The van der Waals surface area contributed by atoms with Crippen molar-refractivity contribution in [2.24, 2.45) is 0 Å². The summed E-state index contributed by atoms with van der Waals surface area (Å²) in [5, 5.41) is 9.08. The van der Waals surface area contributed by atoms with E-state index >= 15 is 0 Å². The standard InChI is InChI=1S/C21H20N4O4S/c22-14-16-5-4-6-17(13-16)25-20(26)19-15-23(9-10-24(19)21(25)27)11-12-30(28,29)18-7-2-1-3-8-18/h1-8,13,19H,9-12,15H2. The van der Waals surface area contributed by atoms with Crippen molar-refractivity contribution in [3.05, 3.63) is 60.2 Å². The number of fused-ring (bicyclic) bond motifs is 1. The normalized spacial score (nSPS) is 19.6. The zero-order chi connectivity index (χ0) is 21.3. The first-order valence-corrected chi connectivity index (χ1v) is 11.2. The van der Waals surface area contributed by atoms with Crippen LogP contribution in [0.25, 0.3) is 0 Å². The number of piperazine rings is 1. The summed E-state index contributed by atoms with van der Waals surface area (Å²) >= 11 is 0. The average Bonchev–Trinajstić information content (AvgIpc) is 3.02. The summed E-state index contributed by atoms with van der Waals surface area (Å²) in [4.78, 5) is 30.6. The highest BCUT2D eigenvalue weighted by molar-refractivity contribution is 7.91. The molecule has 1 unspecified atom stereocenters. The molecule has 0 N–H and O–H groups in total. The smallest absolute Gasteiger partial charge is 0.309 e. The maximum atomic E-state index is 13.0. The minimum absolute atomic E-state index is 0.0558. The molecule has 2 fully saturated rings. The third-order valence-corrected chi connectivity index (χ3v) is 7.13. The number of nitrogens with zero attached hydrogens (tertiary/aromatic N) is 4. The lowest BCUT2D eigenvalue weighted by molar-refractivity contribution is -0.121. The van der Waals surface area contributed by atoms with E-state index in [-0.39, 0.29) is 29.6 Å². The molecular weight excluding hydrogens is 404 g/mol. The molecule has 0 aromatic heterocycles. The van der Waals surface area contributed by atoms with E-state index in [0.717, 1.165) is 4.90 Å². The lowest BCUT2D eigenvalue weighted by Crippen LogP contribution is -2.53. The molecule has 0 aliphatic carbocycles. The Hall–Kier alpha value is -3.22. The Morgan fingerprint density at radius 3 is 2.53 bits per heavy atom. The Balaban J connectivity index is 1.46. The van der Waals surface area contributed by atoms with Gasteiger partial charge < -0.3 is 4.90 Å². The van der Waals surface area contributed by atoms with Crippen molar-refractivity contribution in [2.45, 2.75) is 10.9 Å². The molecule has 0 radical (unpaired) electrons. The Labute approximate surface area is 174 Å². The molecule has 2 heterocycles. The Bertz CT molecular complexity index is 1130. The maximum absolute atomic E-state index is 13.0. The highest BCUT2D eigenvalue weighted by Crippen LogP contribution is 2.28. The first-order valence-electron chi connectivity index (χ1n) is 9.55. The van der Waals surface area contributed by atoms with E-state index < -0.39 is 21.9 Å². The number of carbonyl (C=O) groups excluding carboxylic acids is 2. The summed E-state index contributed by atoms with van der Waals surface area (Å²) in [6.07, 6.45) is 0.